The van der Waals surface area contributed by atoms with Crippen LogP contribution in [0, 0.1) is 5.82 Å². The summed E-state index contributed by atoms with van der Waals surface area (Å²) in [6.07, 6.45) is 1.39. The van der Waals surface area contributed by atoms with Crippen molar-refractivity contribution in [2.24, 2.45) is 7.05 Å². The number of ether oxygens (including phenoxy) is 1. The van der Waals surface area contributed by atoms with Crippen molar-refractivity contribution in [3.05, 3.63) is 30.3 Å². The molecule has 0 amide bonds. The second-order valence-corrected chi connectivity index (χ2v) is 5.70. The van der Waals surface area contributed by atoms with Crippen LogP contribution in [0.25, 0.3) is 22.3 Å². The number of nitrogens with two attached hydrogens (primary N) is 1. The van der Waals surface area contributed by atoms with Crippen molar-refractivity contribution in [1.82, 2.24) is 19.7 Å². The van der Waals surface area contributed by atoms with Crippen LogP contribution in [0.5, 0.6) is 0 Å². The number of aromatic nitrogens is 4. The molecule has 0 radical (unpaired) electrons. The number of rotatable bonds is 2. The number of nitrogens with zero attached hydrogens (tertiary/aromatic N) is 5. The van der Waals surface area contributed by atoms with Crippen molar-refractivity contribution in [1.29, 1.82) is 0 Å². The van der Waals surface area contributed by atoms with E-state index < -0.39 is 0 Å². The topological polar surface area (TPSA) is 82.1 Å². The monoisotopic (exact) mass is 328 g/mol. The smallest absolute Gasteiger partial charge is 0.163 e. The first-order valence-electron chi connectivity index (χ1n) is 7.71. The maximum Gasteiger partial charge on any atom is 0.163 e. The largest absolute Gasteiger partial charge is 0.383 e. The Bertz CT molecular complexity index is 903. The molecule has 0 spiro atoms. The third kappa shape index (κ3) is 2.35. The van der Waals surface area contributed by atoms with Gasteiger partial charge in [0.1, 0.15) is 23.7 Å². The van der Waals surface area contributed by atoms with Crippen LogP contribution in [-0.2, 0) is 11.8 Å². The Hall–Kier alpha value is -2.74. The summed E-state index contributed by atoms with van der Waals surface area (Å²) in [5.74, 6) is 0.0457. The molecule has 2 aromatic heterocycles. The minimum Gasteiger partial charge on any atom is -0.383 e. The predicted octanol–water partition coefficient (Wildman–Crippen LogP) is 1.59. The molecule has 2 N–H and O–H groups in total. The van der Waals surface area contributed by atoms with Crippen LogP contribution in [0.2, 0.25) is 0 Å². The van der Waals surface area contributed by atoms with Gasteiger partial charge in [-0.25, -0.2) is 19.0 Å². The highest BCUT2D eigenvalue weighted by Crippen LogP contribution is 2.32. The molecule has 0 atom stereocenters. The van der Waals surface area contributed by atoms with E-state index in [1.54, 1.807) is 17.8 Å². The molecule has 0 saturated carbocycles. The quantitative estimate of drug-likeness (QED) is 0.769. The van der Waals surface area contributed by atoms with Crippen molar-refractivity contribution in [3.63, 3.8) is 0 Å². The lowest BCUT2D eigenvalue weighted by atomic mass is 10.1. The third-order valence-electron chi connectivity index (χ3n) is 4.22. The molecule has 3 aromatic rings. The number of halogens is 1. The van der Waals surface area contributed by atoms with Gasteiger partial charge in [0.15, 0.2) is 5.65 Å². The summed E-state index contributed by atoms with van der Waals surface area (Å²) < 4.78 is 21.6. The molecule has 4 rings (SSSR count). The van der Waals surface area contributed by atoms with E-state index in [1.807, 2.05) is 11.0 Å². The lowest BCUT2D eigenvalue weighted by Gasteiger charge is -2.29. The molecule has 8 heteroatoms. The summed E-state index contributed by atoms with van der Waals surface area (Å²) in [6.45, 7) is 2.59. The van der Waals surface area contributed by atoms with Crippen molar-refractivity contribution in [3.8, 4) is 11.3 Å². The first kappa shape index (κ1) is 14.8. The number of nitrogen functional groups attached to an aromatic ring is 1. The number of aryl methyl sites for hydroxylation is 1. The van der Waals surface area contributed by atoms with Crippen LogP contribution in [0.1, 0.15) is 0 Å². The molecular weight excluding hydrogens is 311 g/mol. The van der Waals surface area contributed by atoms with E-state index in [0.717, 1.165) is 0 Å². The fraction of sp³-hybridized carbons (Fsp3) is 0.312. The molecule has 24 heavy (non-hydrogen) atoms. The first-order valence-corrected chi connectivity index (χ1v) is 7.71. The van der Waals surface area contributed by atoms with Crippen molar-refractivity contribution in [2.75, 3.05) is 36.9 Å². The van der Waals surface area contributed by atoms with E-state index in [1.165, 1.54) is 12.4 Å². The number of anilines is 2. The Balaban J connectivity index is 1.79. The lowest BCUT2D eigenvalue weighted by molar-refractivity contribution is 0.122. The minimum absolute atomic E-state index is 0.288. The van der Waals surface area contributed by atoms with Gasteiger partial charge in [-0.15, -0.1) is 0 Å². The predicted molar refractivity (Wildman–Crippen MR) is 89.1 cm³/mol. The highest BCUT2D eigenvalue weighted by atomic mass is 19.1. The normalized spacial score (nSPS) is 15.2. The molecule has 0 aliphatic carbocycles. The summed E-state index contributed by atoms with van der Waals surface area (Å²) >= 11 is 0. The van der Waals surface area contributed by atoms with Gasteiger partial charge in [-0.05, 0) is 12.1 Å². The molecule has 1 aromatic carbocycles. The molecule has 1 saturated heterocycles. The zero-order valence-corrected chi connectivity index (χ0v) is 13.2. The number of hydrogen-bond acceptors (Lipinski definition) is 6. The summed E-state index contributed by atoms with van der Waals surface area (Å²) in [5.41, 5.74) is 8.40. The molecule has 3 heterocycles. The lowest BCUT2D eigenvalue weighted by Crippen LogP contribution is -2.36. The Morgan fingerprint density at radius 2 is 2.00 bits per heavy atom. The van der Waals surface area contributed by atoms with Crippen LogP contribution in [0.15, 0.2) is 24.5 Å². The van der Waals surface area contributed by atoms with Crippen LogP contribution >= 0.6 is 0 Å². The van der Waals surface area contributed by atoms with Crippen LogP contribution in [0.3, 0.4) is 0 Å². The zero-order chi connectivity index (χ0) is 16.7. The fourth-order valence-corrected chi connectivity index (χ4v) is 3.03. The first-order chi connectivity index (χ1) is 11.6. The van der Waals surface area contributed by atoms with E-state index in [9.17, 15) is 4.39 Å². The zero-order valence-electron chi connectivity index (χ0n) is 13.2. The van der Waals surface area contributed by atoms with Crippen molar-refractivity contribution < 1.29 is 9.13 Å². The molecule has 7 nitrogen and oxygen atoms in total. The van der Waals surface area contributed by atoms with Gasteiger partial charge in [0.05, 0.1) is 24.3 Å². The average molecular weight is 328 g/mol. The maximum absolute atomic E-state index is 14.6. The molecule has 1 aliphatic heterocycles. The second kappa shape index (κ2) is 5.72. The van der Waals surface area contributed by atoms with Crippen LogP contribution in [-0.4, -0.2) is 46.1 Å². The minimum atomic E-state index is -0.288. The van der Waals surface area contributed by atoms with Crippen LogP contribution in [0.4, 0.5) is 15.9 Å². The SMILES string of the molecule is Cn1nc(-c2ccc(N3CCOCC3)c(F)c2)c2c(N)ncnc21. The number of hydrogen-bond donors (Lipinski definition) is 1. The highest BCUT2D eigenvalue weighted by Gasteiger charge is 2.19. The summed E-state index contributed by atoms with van der Waals surface area (Å²) in [6, 6.07) is 5.11. The fourth-order valence-electron chi connectivity index (χ4n) is 3.03. The Labute approximate surface area is 137 Å². The Kier molecular flexibility index (Phi) is 3.53. The van der Waals surface area contributed by atoms with Gasteiger partial charge >= 0.3 is 0 Å². The Morgan fingerprint density at radius 3 is 2.75 bits per heavy atom. The van der Waals surface area contributed by atoms with E-state index >= 15 is 0 Å². The Morgan fingerprint density at radius 1 is 1.21 bits per heavy atom. The van der Waals surface area contributed by atoms with Gasteiger partial charge in [0.2, 0.25) is 0 Å². The molecule has 1 aliphatic rings. The van der Waals surface area contributed by atoms with E-state index in [2.05, 4.69) is 15.1 Å². The summed E-state index contributed by atoms with van der Waals surface area (Å²) in [7, 11) is 1.77. The van der Waals surface area contributed by atoms with Gasteiger partial charge in [0, 0.05) is 25.7 Å². The molecule has 0 unspecified atom stereocenters. The van der Waals surface area contributed by atoms with E-state index in [4.69, 9.17) is 10.5 Å². The third-order valence-corrected chi connectivity index (χ3v) is 4.22. The number of fused-ring (bicyclic) bond motifs is 1. The standard InChI is InChI=1S/C16H17FN6O/c1-22-16-13(15(18)19-9-20-16)14(21-22)10-2-3-12(11(17)8-10)23-4-6-24-7-5-23/h2-3,8-9H,4-7H2,1H3,(H2,18,19,20). The van der Waals surface area contributed by atoms with Gasteiger partial charge in [0.25, 0.3) is 0 Å². The molecular formula is C16H17FN6O. The van der Waals surface area contributed by atoms with E-state index in [-0.39, 0.29) is 5.82 Å². The number of benzene rings is 1. The average Bonchev–Trinajstić information content (AvgIpc) is 2.94. The molecule has 124 valence electrons. The maximum atomic E-state index is 14.6. The van der Waals surface area contributed by atoms with Gasteiger partial charge in [-0.3, -0.25) is 0 Å². The van der Waals surface area contributed by atoms with Gasteiger partial charge in [-0.2, -0.15) is 5.10 Å². The van der Waals surface area contributed by atoms with Crippen LogP contribution < -0.4 is 10.6 Å². The second-order valence-electron chi connectivity index (χ2n) is 5.70. The van der Waals surface area contributed by atoms with Crippen molar-refractivity contribution >= 4 is 22.5 Å². The van der Waals surface area contributed by atoms with Crippen molar-refractivity contribution in [2.45, 2.75) is 0 Å². The van der Waals surface area contributed by atoms with E-state index in [0.29, 0.717) is 60.1 Å². The highest BCUT2D eigenvalue weighted by molar-refractivity contribution is 5.98. The van der Waals surface area contributed by atoms with Gasteiger partial charge in [-0.1, -0.05) is 6.07 Å². The molecule has 0 bridgehead atoms. The summed E-state index contributed by atoms with van der Waals surface area (Å²) in [5, 5.41) is 5.08. The summed E-state index contributed by atoms with van der Waals surface area (Å²) in [4.78, 5) is 10.2. The van der Waals surface area contributed by atoms with Gasteiger partial charge < -0.3 is 15.4 Å². The molecule has 1 fully saturated rings. The number of morpholine rings is 1.